The normalized spacial score (nSPS) is 33.8. The number of benzene rings is 2. The quantitative estimate of drug-likeness (QED) is 0.541. The van der Waals surface area contributed by atoms with Gasteiger partial charge >= 0.3 is 0 Å². The number of carbonyl (C=O) groups excluding carboxylic acids is 2. The van der Waals surface area contributed by atoms with E-state index in [1.54, 1.807) is 30.0 Å². The highest BCUT2D eigenvalue weighted by Gasteiger charge is 2.65. The molecule has 5 atom stereocenters. The second-order valence-electron chi connectivity index (χ2n) is 9.38. The predicted molar refractivity (Wildman–Crippen MR) is 118 cm³/mol. The molecule has 9 nitrogen and oxygen atoms in total. The Kier molecular flexibility index (Phi) is 3.37. The topological polar surface area (TPSA) is 106 Å². The summed E-state index contributed by atoms with van der Waals surface area (Å²) >= 11 is 0. The van der Waals surface area contributed by atoms with E-state index in [2.05, 4.69) is 10.6 Å². The Morgan fingerprint density at radius 3 is 2.70 bits per heavy atom. The number of carbonyl (C=O) groups is 2. The standard InChI is InChI=1S/C24H21N5O4/c1-12-19(31)28-16-10-6-4-8-14(16)24(22(28)25-12)11-17-18(30)27-23(2,33-24)21-26-15-9-5-3-7-13(15)20(32)29(17)21/h3-10,12,17,22,25H,11H2,1-2H3,(H,27,30)/t12-,17+,22+,23+,24+/m0/s1. The molecule has 0 radical (unpaired) electrons. The van der Waals surface area contributed by atoms with Gasteiger partial charge < -0.3 is 10.1 Å². The molecule has 5 aliphatic rings. The molecule has 8 rings (SSSR count). The molecule has 1 spiro atoms. The zero-order chi connectivity index (χ0) is 22.7. The molecule has 6 heterocycles. The van der Waals surface area contributed by atoms with E-state index in [1.807, 2.05) is 37.3 Å². The van der Waals surface area contributed by atoms with E-state index >= 15 is 0 Å². The molecule has 2 bridgehead atoms. The Labute approximate surface area is 188 Å². The second-order valence-corrected chi connectivity index (χ2v) is 9.38. The minimum atomic E-state index is -1.37. The summed E-state index contributed by atoms with van der Waals surface area (Å²) in [5.74, 6) is 0.0165. The molecular formula is C24H21N5O4. The Balaban J connectivity index is 1.52. The zero-order valence-corrected chi connectivity index (χ0v) is 18.0. The van der Waals surface area contributed by atoms with Gasteiger partial charge in [-0.3, -0.25) is 29.2 Å². The van der Waals surface area contributed by atoms with Gasteiger partial charge in [-0.25, -0.2) is 4.98 Å². The third-order valence-corrected chi connectivity index (χ3v) is 7.43. The van der Waals surface area contributed by atoms with Crippen molar-refractivity contribution in [1.82, 2.24) is 20.2 Å². The van der Waals surface area contributed by atoms with Gasteiger partial charge in [0.15, 0.2) is 11.5 Å². The summed E-state index contributed by atoms with van der Waals surface area (Å²) in [6.45, 7) is 3.55. The Morgan fingerprint density at radius 1 is 1.09 bits per heavy atom. The van der Waals surface area contributed by atoms with Crippen LogP contribution >= 0.6 is 0 Å². The second kappa shape index (κ2) is 5.86. The molecule has 3 aromatic rings. The van der Waals surface area contributed by atoms with Gasteiger partial charge in [0.25, 0.3) is 5.56 Å². The molecular weight excluding hydrogens is 422 g/mol. The van der Waals surface area contributed by atoms with Crippen LogP contribution in [0.3, 0.4) is 0 Å². The summed E-state index contributed by atoms with van der Waals surface area (Å²) in [6.07, 6.45) is -0.321. The number of nitrogens with zero attached hydrogens (tertiary/aromatic N) is 3. The van der Waals surface area contributed by atoms with E-state index in [4.69, 9.17) is 9.72 Å². The number of para-hydroxylation sites is 2. The average Bonchev–Trinajstić information content (AvgIpc) is 3.13. The van der Waals surface area contributed by atoms with Crippen LogP contribution in [0.4, 0.5) is 5.69 Å². The molecule has 166 valence electrons. The summed E-state index contributed by atoms with van der Waals surface area (Å²) in [5, 5.41) is 6.81. The van der Waals surface area contributed by atoms with Gasteiger partial charge in [-0.15, -0.1) is 0 Å². The van der Waals surface area contributed by atoms with Crippen LogP contribution in [-0.4, -0.2) is 33.6 Å². The first-order chi connectivity index (χ1) is 15.8. The molecule has 9 heteroatoms. The van der Waals surface area contributed by atoms with Crippen molar-refractivity contribution in [3.63, 3.8) is 0 Å². The van der Waals surface area contributed by atoms with Crippen LogP contribution < -0.4 is 21.1 Å². The summed E-state index contributed by atoms with van der Waals surface area (Å²) in [5.41, 5.74) is -0.563. The van der Waals surface area contributed by atoms with Crippen molar-refractivity contribution in [3.8, 4) is 0 Å². The van der Waals surface area contributed by atoms with Crippen LogP contribution in [0.2, 0.25) is 0 Å². The van der Waals surface area contributed by atoms with E-state index in [0.29, 0.717) is 16.7 Å². The lowest BCUT2D eigenvalue weighted by atomic mass is 9.86. The van der Waals surface area contributed by atoms with Gasteiger partial charge in [0.05, 0.1) is 22.6 Å². The largest absolute Gasteiger partial charge is 0.334 e. The fraction of sp³-hybridized carbons (Fsp3) is 0.333. The molecule has 2 aromatic carbocycles. The third kappa shape index (κ3) is 2.14. The summed E-state index contributed by atoms with van der Waals surface area (Å²) in [6, 6.07) is 13.5. The maximum absolute atomic E-state index is 13.6. The van der Waals surface area contributed by atoms with Crippen molar-refractivity contribution in [3.05, 3.63) is 70.3 Å². The number of fused-ring (bicyclic) bond motifs is 5. The lowest BCUT2D eigenvalue weighted by molar-refractivity contribution is -0.180. The molecule has 1 aromatic heterocycles. The Hall–Kier alpha value is -3.56. The number of anilines is 1. The van der Waals surface area contributed by atoms with Gasteiger partial charge in [-0.2, -0.15) is 0 Å². The highest BCUT2D eigenvalue weighted by Crippen LogP contribution is 2.56. The van der Waals surface area contributed by atoms with Gasteiger partial charge in [0.1, 0.15) is 17.8 Å². The van der Waals surface area contributed by atoms with Crippen LogP contribution in [0.5, 0.6) is 0 Å². The van der Waals surface area contributed by atoms with Gasteiger partial charge in [0.2, 0.25) is 11.8 Å². The number of amides is 2. The fourth-order valence-corrected chi connectivity index (χ4v) is 6.05. The van der Waals surface area contributed by atoms with Crippen molar-refractivity contribution >= 4 is 28.4 Å². The number of hydrogen-bond donors (Lipinski definition) is 2. The fourth-order valence-electron chi connectivity index (χ4n) is 6.05. The SMILES string of the molecule is C[C@@H]1N[C@@H]2N(C1=O)c1ccccc1[C@]21C[C@@H]2C(=O)N[C@](C)(O1)c1nc3ccccc3c(=O)n12. The third-order valence-electron chi connectivity index (χ3n) is 7.43. The van der Waals surface area contributed by atoms with E-state index in [-0.39, 0.29) is 23.8 Å². The molecule has 2 saturated heterocycles. The van der Waals surface area contributed by atoms with E-state index in [9.17, 15) is 14.4 Å². The lowest BCUT2D eigenvalue weighted by Crippen LogP contribution is -2.57. The van der Waals surface area contributed by atoms with Crippen molar-refractivity contribution in [2.45, 2.75) is 49.8 Å². The monoisotopic (exact) mass is 443 g/mol. The van der Waals surface area contributed by atoms with Crippen molar-refractivity contribution < 1.29 is 14.3 Å². The summed E-state index contributed by atoms with van der Waals surface area (Å²) < 4.78 is 8.35. The molecule has 33 heavy (non-hydrogen) atoms. The molecule has 0 saturated carbocycles. The zero-order valence-electron chi connectivity index (χ0n) is 18.0. The number of nitrogens with one attached hydrogen (secondary N) is 2. The van der Waals surface area contributed by atoms with Gasteiger partial charge in [0, 0.05) is 12.0 Å². The first-order valence-electron chi connectivity index (χ1n) is 11.1. The van der Waals surface area contributed by atoms with E-state index < -0.39 is 29.6 Å². The first-order valence-corrected chi connectivity index (χ1v) is 11.1. The molecule has 2 N–H and O–H groups in total. The number of aromatic nitrogens is 2. The molecule has 0 unspecified atom stereocenters. The highest BCUT2D eigenvalue weighted by molar-refractivity contribution is 6.02. The maximum Gasteiger partial charge on any atom is 0.262 e. The van der Waals surface area contributed by atoms with Crippen LogP contribution in [0.25, 0.3) is 10.9 Å². The number of rotatable bonds is 0. The number of ether oxygens (including phenoxy) is 1. The van der Waals surface area contributed by atoms with Crippen LogP contribution in [0.15, 0.2) is 53.3 Å². The average molecular weight is 443 g/mol. The highest BCUT2D eigenvalue weighted by atomic mass is 16.5. The van der Waals surface area contributed by atoms with E-state index in [0.717, 1.165) is 11.3 Å². The Morgan fingerprint density at radius 2 is 1.85 bits per heavy atom. The predicted octanol–water partition coefficient (Wildman–Crippen LogP) is 1.22. The smallest absolute Gasteiger partial charge is 0.262 e. The minimum absolute atomic E-state index is 0.0486. The van der Waals surface area contributed by atoms with Crippen molar-refractivity contribution in [2.75, 3.05) is 4.90 Å². The van der Waals surface area contributed by atoms with Gasteiger partial charge in [-0.1, -0.05) is 30.3 Å². The maximum atomic E-state index is 13.6. The van der Waals surface area contributed by atoms with E-state index in [1.165, 1.54) is 4.57 Å². The minimum Gasteiger partial charge on any atom is -0.334 e. The summed E-state index contributed by atoms with van der Waals surface area (Å²) in [4.78, 5) is 46.5. The Bertz CT molecular complexity index is 1470. The molecule has 2 amide bonds. The molecule has 2 fully saturated rings. The lowest BCUT2D eigenvalue weighted by Gasteiger charge is -2.40. The number of hydrogen-bond acceptors (Lipinski definition) is 6. The van der Waals surface area contributed by atoms with Crippen LogP contribution in [-0.2, 0) is 25.7 Å². The molecule has 0 aliphatic carbocycles. The molecule has 5 aliphatic heterocycles. The summed E-state index contributed by atoms with van der Waals surface area (Å²) in [7, 11) is 0. The van der Waals surface area contributed by atoms with Crippen molar-refractivity contribution in [1.29, 1.82) is 0 Å². The van der Waals surface area contributed by atoms with Gasteiger partial charge in [-0.05, 0) is 32.0 Å². The first kappa shape index (κ1) is 19.0. The van der Waals surface area contributed by atoms with Crippen LogP contribution in [0.1, 0.15) is 37.7 Å². The van der Waals surface area contributed by atoms with Crippen LogP contribution in [0, 0.1) is 0 Å². The van der Waals surface area contributed by atoms with Crippen molar-refractivity contribution in [2.24, 2.45) is 0 Å².